The lowest BCUT2D eigenvalue weighted by Gasteiger charge is -2.44. The molecular weight excluding hydrogens is 176 g/mol. The SMILES string of the molecule is CN(CC1CCC1)CC1(CN)COC1. The molecule has 0 unspecified atom stereocenters. The van der Waals surface area contributed by atoms with Gasteiger partial charge in [-0.1, -0.05) is 6.42 Å². The van der Waals surface area contributed by atoms with E-state index in [-0.39, 0.29) is 5.41 Å². The number of nitrogens with two attached hydrogens (primary N) is 1. The molecule has 3 nitrogen and oxygen atoms in total. The topological polar surface area (TPSA) is 38.5 Å². The van der Waals surface area contributed by atoms with Crippen LogP contribution in [0, 0.1) is 11.3 Å². The molecule has 2 rings (SSSR count). The van der Waals surface area contributed by atoms with Crippen LogP contribution in [-0.2, 0) is 4.74 Å². The molecule has 82 valence electrons. The van der Waals surface area contributed by atoms with Crippen LogP contribution in [0.25, 0.3) is 0 Å². The molecule has 1 saturated heterocycles. The maximum Gasteiger partial charge on any atom is 0.0569 e. The molecule has 1 aliphatic heterocycles. The maximum absolute atomic E-state index is 5.79. The molecule has 2 N–H and O–H groups in total. The summed E-state index contributed by atoms with van der Waals surface area (Å²) in [5, 5.41) is 0. The van der Waals surface area contributed by atoms with Crippen molar-refractivity contribution >= 4 is 0 Å². The molecule has 3 heteroatoms. The number of ether oxygens (including phenoxy) is 1. The summed E-state index contributed by atoms with van der Waals surface area (Å²) in [6.45, 7) is 4.85. The summed E-state index contributed by atoms with van der Waals surface area (Å²) in [5.41, 5.74) is 6.06. The van der Waals surface area contributed by atoms with Gasteiger partial charge in [-0.3, -0.25) is 0 Å². The van der Waals surface area contributed by atoms with Gasteiger partial charge in [0, 0.05) is 25.0 Å². The number of rotatable bonds is 5. The lowest BCUT2D eigenvalue weighted by Crippen LogP contribution is -2.55. The van der Waals surface area contributed by atoms with Gasteiger partial charge in [-0.05, 0) is 25.8 Å². The summed E-state index contributed by atoms with van der Waals surface area (Å²) in [5.74, 6) is 0.954. The maximum atomic E-state index is 5.79. The minimum Gasteiger partial charge on any atom is -0.380 e. The second-order valence-corrected chi connectivity index (χ2v) is 5.19. The molecule has 0 aromatic rings. The lowest BCUT2D eigenvalue weighted by atomic mass is 9.83. The molecule has 0 radical (unpaired) electrons. The summed E-state index contributed by atoms with van der Waals surface area (Å²) in [7, 11) is 2.22. The summed E-state index contributed by atoms with van der Waals surface area (Å²) in [4.78, 5) is 2.44. The molecule has 0 aromatic heterocycles. The Hall–Kier alpha value is -0.120. The van der Waals surface area contributed by atoms with Gasteiger partial charge in [-0.15, -0.1) is 0 Å². The van der Waals surface area contributed by atoms with E-state index >= 15 is 0 Å². The van der Waals surface area contributed by atoms with Crippen molar-refractivity contribution in [3.05, 3.63) is 0 Å². The molecule has 2 fully saturated rings. The Kier molecular flexibility index (Phi) is 3.10. The first-order valence-corrected chi connectivity index (χ1v) is 5.70. The van der Waals surface area contributed by atoms with E-state index in [1.165, 1.54) is 25.8 Å². The van der Waals surface area contributed by atoms with Crippen molar-refractivity contribution in [1.29, 1.82) is 0 Å². The van der Waals surface area contributed by atoms with Crippen LogP contribution in [-0.4, -0.2) is 44.8 Å². The second kappa shape index (κ2) is 4.17. The van der Waals surface area contributed by atoms with Crippen molar-refractivity contribution in [2.24, 2.45) is 17.1 Å². The summed E-state index contributed by atoms with van der Waals surface area (Å²) in [6, 6.07) is 0. The second-order valence-electron chi connectivity index (χ2n) is 5.19. The van der Waals surface area contributed by atoms with Crippen LogP contribution in [0.5, 0.6) is 0 Å². The first-order valence-electron chi connectivity index (χ1n) is 5.70. The highest BCUT2D eigenvalue weighted by Crippen LogP contribution is 2.30. The highest BCUT2D eigenvalue weighted by molar-refractivity contribution is 4.89. The Morgan fingerprint density at radius 2 is 2.14 bits per heavy atom. The lowest BCUT2D eigenvalue weighted by molar-refractivity contribution is -0.119. The van der Waals surface area contributed by atoms with Crippen molar-refractivity contribution in [2.75, 3.05) is 39.9 Å². The van der Waals surface area contributed by atoms with Gasteiger partial charge in [0.1, 0.15) is 0 Å². The van der Waals surface area contributed by atoms with Crippen molar-refractivity contribution in [1.82, 2.24) is 4.90 Å². The van der Waals surface area contributed by atoms with Crippen LogP contribution in [0.15, 0.2) is 0 Å². The van der Waals surface area contributed by atoms with Gasteiger partial charge in [0.05, 0.1) is 13.2 Å². The van der Waals surface area contributed by atoms with Crippen LogP contribution in [0.2, 0.25) is 0 Å². The van der Waals surface area contributed by atoms with Crippen LogP contribution < -0.4 is 5.73 Å². The third kappa shape index (κ3) is 2.10. The van der Waals surface area contributed by atoms with Crippen molar-refractivity contribution in [3.8, 4) is 0 Å². The van der Waals surface area contributed by atoms with Crippen LogP contribution >= 0.6 is 0 Å². The Labute approximate surface area is 86.6 Å². The van der Waals surface area contributed by atoms with Gasteiger partial charge < -0.3 is 15.4 Å². The van der Waals surface area contributed by atoms with Gasteiger partial charge in [0.25, 0.3) is 0 Å². The predicted octanol–water partition coefficient (Wildman–Crippen LogP) is 0.694. The molecule has 0 aromatic carbocycles. The molecule has 0 bridgehead atoms. The van der Waals surface area contributed by atoms with E-state index in [2.05, 4.69) is 11.9 Å². The molecule has 1 aliphatic carbocycles. The zero-order valence-corrected chi connectivity index (χ0v) is 9.17. The Bertz CT molecular complexity index is 182. The van der Waals surface area contributed by atoms with E-state index in [0.717, 1.165) is 32.2 Å². The molecule has 1 saturated carbocycles. The molecule has 0 spiro atoms. The zero-order valence-electron chi connectivity index (χ0n) is 9.17. The third-order valence-corrected chi connectivity index (χ3v) is 3.65. The number of hydrogen-bond donors (Lipinski definition) is 1. The van der Waals surface area contributed by atoms with E-state index in [1.54, 1.807) is 0 Å². The highest BCUT2D eigenvalue weighted by atomic mass is 16.5. The average molecular weight is 198 g/mol. The van der Waals surface area contributed by atoms with E-state index in [9.17, 15) is 0 Å². The highest BCUT2D eigenvalue weighted by Gasteiger charge is 2.38. The van der Waals surface area contributed by atoms with E-state index in [0.29, 0.717) is 0 Å². The van der Waals surface area contributed by atoms with Gasteiger partial charge >= 0.3 is 0 Å². The van der Waals surface area contributed by atoms with Crippen LogP contribution in [0.3, 0.4) is 0 Å². The van der Waals surface area contributed by atoms with E-state index in [1.807, 2.05) is 0 Å². The van der Waals surface area contributed by atoms with E-state index < -0.39 is 0 Å². The monoisotopic (exact) mass is 198 g/mol. The van der Waals surface area contributed by atoms with Gasteiger partial charge in [0.2, 0.25) is 0 Å². The van der Waals surface area contributed by atoms with Crippen molar-refractivity contribution in [3.63, 3.8) is 0 Å². The first-order chi connectivity index (χ1) is 6.74. The zero-order chi connectivity index (χ0) is 10.0. The van der Waals surface area contributed by atoms with Gasteiger partial charge in [0.15, 0.2) is 0 Å². The van der Waals surface area contributed by atoms with E-state index in [4.69, 9.17) is 10.5 Å². The minimum atomic E-state index is 0.276. The van der Waals surface area contributed by atoms with Crippen LogP contribution in [0.4, 0.5) is 0 Å². The average Bonchev–Trinajstić information content (AvgIpc) is 2.04. The Morgan fingerprint density at radius 3 is 2.50 bits per heavy atom. The summed E-state index contributed by atoms with van der Waals surface area (Å²) >= 11 is 0. The minimum absolute atomic E-state index is 0.276. The summed E-state index contributed by atoms with van der Waals surface area (Å²) < 4.78 is 5.27. The molecule has 0 atom stereocenters. The fourth-order valence-electron chi connectivity index (χ4n) is 2.42. The quantitative estimate of drug-likeness (QED) is 0.706. The molecule has 2 aliphatic rings. The largest absolute Gasteiger partial charge is 0.380 e. The van der Waals surface area contributed by atoms with Gasteiger partial charge in [-0.2, -0.15) is 0 Å². The molecule has 0 amide bonds. The van der Waals surface area contributed by atoms with Crippen molar-refractivity contribution in [2.45, 2.75) is 19.3 Å². The molecule has 14 heavy (non-hydrogen) atoms. The predicted molar refractivity (Wildman–Crippen MR) is 57.1 cm³/mol. The Balaban J connectivity index is 1.72. The van der Waals surface area contributed by atoms with Crippen molar-refractivity contribution < 1.29 is 4.74 Å². The summed E-state index contributed by atoms with van der Waals surface area (Å²) in [6.07, 6.45) is 4.29. The van der Waals surface area contributed by atoms with Crippen LogP contribution in [0.1, 0.15) is 19.3 Å². The van der Waals surface area contributed by atoms with Gasteiger partial charge in [-0.25, -0.2) is 0 Å². The number of nitrogens with zero attached hydrogens (tertiary/aromatic N) is 1. The fourth-order valence-corrected chi connectivity index (χ4v) is 2.42. The number of hydrogen-bond acceptors (Lipinski definition) is 3. The molecular formula is C11H22N2O. The Morgan fingerprint density at radius 1 is 1.43 bits per heavy atom. The standard InChI is InChI=1S/C11H22N2O/c1-13(5-10-3-2-4-10)7-11(6-12)8-14-9-11/h10H,2-9,12H2,1H3. The fraction of sp³-hybridized carbons (Fsp3) is 1.00. The first kappa shape index (κ1) is 10.4. The third-order valence-electron chi connectivity index (χ3n) is 3.65. The normalized spacial score (nSPS) is 25.9. The smallest absolute Gasteiger partial charge is 0.0569 e. The molecule has 1 heterocycles.